The Labute approximate surface area is 89.0 Å². The number of aromatic nitrogens is 2. The van der Waals surface area contributed by atoms with Crippen molar-refractivity contribution in [3.63, 3.8) is 0 Å². The molecule has 2 nitrogen and oxygen atoms in total. The molecule has 0 unspecified atom stereocenters. The van der Waals surface area contributed by atoms with Gasteiger partial charge in [-0.2, -0.15) is 0 Å². The van der Waals surface area contributed by atoms with Crippen LogP contribution in [0.1, 0.15) is 17.1 Å². The van der Waals surface area contributed by atoms with Gasteiger partial charge in [0.2, 0.25) is 0 Å². The van der Waals surface area contributed by atoms with Crippen LogP contribution in [0.25, 0.3) is 11.1 Å². The maximum absolute atomic E-state index is 4.50. The summed E-state index contributed by atoms with van der Waals surface area (Å²) in [5.41, 5.74) is 5.12. The van der Waals surface area contributed by atoms with Gasteiger partial charge in [-0.3, -0.25) is 0 Å². The van der Waals surface area contributed by atoms with Gasteiger partial charge in [-0.1, -0.05) is 24.3 Å². The van der Waals surface area contributed by atoms with Crippen LogP contribution in [0, 0.1) is 6.92 Å². The summed E-state index contributed by atoms with van der Waals surface area (Å²) in [6.07, 6.45) is 4.09. The Morgan fingerprint density at radius 3 is 2.87 bits per heavy atom. The van der Waals surface area contributed by atoms with Gasteiger partial charge in [0.25, 0.3) is 0 Å². The highest BCUT2D eigenvalue weighted by Gasteiger charge is 2.16. The third kappa shape index (κ3) is 1.33. The Hall–Kier alpha value is -1.70. The molecule has 2 aromatic rings. The molecule has 0 aliphatic heterocycles. The van der Waals surface area contributed by atoms with E-state index in [0.717, 1.165) is 18.7 Å². The third-order valence-electron chi connectivity index (χ3n) is 2.93. The van der Waals surface area contributed by atoms with E-state index in [-0.39, 0.29) is 0 Å². The lowest BCUT2D eigenvalue weighted by Gasteiger charge is -2.18. The molecule has 1 aromatic heterocycles. The van der Waals surface area contributed by atoms with Crippen molar-refractivity contribution in [2.75, 3.05) is 0 Å². The first-order valence-electron chi connectivity index (χ1n) is 5.25. The second-order valence-corrected chi connectivity index (χ2v) is 3.93. The molecule has 1 aliphatic rings. The first-order chi connectivity index (χ1) is 7.34. The van der Waals surface area contributed by atoms with E-state index in [4.69, 9.17) is 0 Å². The minimum Gasteiger partial charge on any atom is -0.241 e. The zero-order chi connectivity index (χ0) is 10.3. The Balaban J connectivity index is 2.26. The lowest BCUT2D eigenvalue weighted by atomic mass is 9.89. The topological polar surface area (TPSA) is 25.8 Å². The van der Waals surface area contributed by atoms with Crippen LogP contribution in [0.4, 0.5) is 0 Å². The van der Waals surface area contributed by atoms with E-state index < -0.39 is 0 Å². The quantitative estimate of drug-likeness (QED) is 0.647. The van der Waals surface area contributed by atoms with Gasteiger partial charge in [0, 0.05) is 11.8 Å². The van der Waals surface area contributed by atoms with Crippen LogP contribution in [-0.2, 0) is 12.8 Å². The number of fused-ring (bicyclic) bond motifs is 3. The predicted octanol–water partition coefficient (Wildman–Crippen LogP) is 2.55. The summed E-state index contributed by atoms with van der Waals surface area (Å²) in [6.45, 7) is 1.95. The largest absolute Gasteiger partial charge is 0.241 e. The van der Waals surface area contributed by atoms with Crippen molar-refractivity contribution in [1.82, 2.24) is 9.97 Å². The summed E-state index contributed by atoms with van der Waals surface area (Å²) in [7, 11) is 0. The highest BCUT2D eigenvalue weighted by Crippen LogP contribution is 2.31. The van der Waals surface area contributed by atoms with Crippen molar-refractivity contribution in [3.05, 3.63) is 47.5 Å². The smallest absolute Gasteiger partial charge is 0.125 e. The minimum atomic E-state index is 0.869. The summed E-state index contributed by atoms with van der Waals surface area (Å²) in [5, 5.41) is 0. The highest BCUT2D eigenvalue weighted by molar-refractivity contribution is 5.70. The highest BCUT2D eigenvalue weighted by atomic mass is 14.9. The maximum Gasteiger partial charge on any atom is 0.125 e. The molecule has 1 aromatic carbocycles. The van der Waals surface area contributed by atoms with E-state index in [1.54, 1.807) is 0 Å². The molecule has 2 heteroatoms. The average molecular weight is 196 g/mol. The molecular weight excluding hydrogens is 184 g/mol. The van der Waals surface area contributed by atoms with Crippen molar-refractivity contribution < 1.29 is 0 Å². The van der Waals surface area contributed by atoms with Crippen LogP contribution in [0.5, 0.6) is 0 Å². The fourth-order valence-electron chi connectivity index (χ4n) is 2.19. The number of nitrogens with zero attached hydrogens (tertiary/aromatic N) is 2. The van der Waals surface area contributed by atoms with Gasteiger partial charge in [-0.15, -0.1) is 0 Å². The molecule has 0 amide bonds. The van der Waals surface area contributed by atoms with Gasteiger partial charge in [0.05, 0.1) is 5.69 Å². The Morgan fingerprint density at radius 1 is 1.07 bits per heavy atom. The van der Waals surface area contributed by atoms with Gasteiger partial charge in [0.15, 0.2) is 0 Å². The zero-order valence-electron chi connectivity index (χ0n) is 8.70. The molecule has 15 heavy (non-hydrogen) atoms. The van der Waals surface area contributed by atoms with E-state index >= 15 is 0 Å². The van der Waals surface area contributed by atoms with Crippen molar-refractivity contribution in [2.45, 2.75) is 19.8 Å². The van der Waals surface area contributed by atoms with Crippen molar-refractivity contribution in [1.29, 1.82) is 0 Å². The van der Waals surface area contributed by atoms with Crippen LogP contribution in [-0.4, -0.2) is 9.97 Å². The number of aryl methyl sites for hydroxylation is 3. The summed E-state index contributed by atoms with van der Waals surface area (Å²) >= 11 is 0. The average Bonchev–Trinajstić information content (AvgIpc) is 2.28. The SMILES string of the molecule is Cc1ncc2c(n1)CCc1ccccc1-2. The maximum atomic E-state index is 4.50. The fourth-order valence-corrected chi connectivity index (χ4v) is 2.19. The first-order valence-corrected chi connectivity index (χ1v) is 5.25. The molecule has 0 saturated carbocycles. The molecule has 0 bridgehead atoms. The van der Waals surface area contributed by atoms with Crippen molar-refractivity contribution >= 4 is 0 Å². The van der Waals surface area contributed by atoms with Gasteiger partial charge in [-0.05, 0) is 30.9 Å². The molecule has 0 atom stereocenters. The molecule has 3 rings (SSSR count). The second kappa shape index (κ2) is 3.16. The first kappa shape index (κ1) is 8.60. The molecule has 0 saturated heterocycles. The monoisotopic (exact) mass is 196 g/mol. The van der Waals surface area contributed by atoms with E-state index in [9.17, 15) is 0 Å². The zero-order valence-corrected chi connectivity index (χ0v) is 8.70. The number of hydrogen-bond donors (Lipinski definition) is 0. The standard InChI is InChI=1S/C13H12N2/c1-9-14-8-12-11-5-3-2-4-10(11)6-7-13(12)15-9/h2-5,8H,6-7H2,1H3. The van der Waals surface area contributed by atoms with Gasteiger partial charge >= 0.3 is 0 Å². The molecular formula is C13H12N2. The lowest BCUT2D eigenvalue weighted by Crippen LogP contribution is -2.07. The summed E-state index contributed by atoms with van der Waals surface area (Å²) in [5.74, 6) is 0.869. The van der Waals surface area contributed by atoms with Crippen molar-refractivity contribution in [2.24, 2.45) is 0 Å². The van der Waals surface area contributed by atoms with E-state index in [2.05, 4.69) is 34.2 Å². The van der Waals surface area contributed by atoms with Gasteiger partial charge < -0.3 is 0 Å². The number of rotatable bonds is 0. The minimum absolute atomic E-state index is 0.869. The summed E-state index contributed by atoms with van der Waals surface area (Å²) in [6, 6.07) is 8.52. The van der Waals surface area contributed by atoms with E-state index in [1.165, 1.54) is 22.4 Å². The summed E-state index contributed by atoms with van der Waals surface area (Å²) < 4.78 is 0. The Kier molecular flexibility index (Phi) is 1.81. The van der Waals surface area contributed by atoms with Crippen LogP contribution in [0.3, 0.4) is 0 Å². The number of benzene rings is 1. The normalized spacial score (nSPS) is 13.1. The fraction of sp³-hybridized carbons (Fsp3) is 0.231. The predicted molar refractivity (Wildman–Crippen MR) is 59.6 cm³/mol. The molecule has 74 valence electrons. The molecule has 0 N–H and O–H groups in total. The third-order valence-corrected chi connectivity index (χ3v) is 2.93. The second-order valence-electron chi connectivity index (χ2n) is 3.93. The summed E-state index contributed by atoms with van der Waals surface area (Å²) in [4.78, 5) is 8.78. The number of hydrogen-bond acceptors (Lipinski definition) is 2. The van der Waals surface area contributed by atoms with Crippen LogP contribution >= 0.6 is 0 Å². The van der Waals surface area contributed by atoms with Gasteiger partial charge in [0.1, 0.15) is 5.82 Å². The molecule has 1 aliphatic carbocycles. The molecule has 0 spiro atoms. The van der Waals surface area contributed by atoms with Crippen molar-refractivity contribution in [3.8, 4) is 11.1 Å². The molecule has 0 fully saturated rings. The van der Waals surface area contributed by atoms with Crippen LogP contribution < -0.4 is 0 Å². The van der Waals surface area contributed by atoms with E-state index in [0.29, 0.717) is 0 Å². The van der Waals surface area contributed by atoms with E-state index in [1.807, 2.05) is 13.1 Å². The van der Waals surface area contributed by atoms with Crippen LogP contribution in [0.2, 0.25) is 0 Å². The van der Waals surface area contributed by atoms with Gasteiger partial charge in [-0.25, -0.2) is 9.97 Å². The Bertz CT molecular complexity index is 518. The molecule has 0 radical (unpaired) electrons. The molecule has 1 heterocycles. The Morgan fingerprint density at radius 2 is 1.93 bits per heavy atom. The van der Waals surface area contributed by atoms with Crippen LogP contribution in [0.15, 0.2) is 30.5 Å². The lowest BCUT2D eigenvalue weighted by molar-refractivity contribution is 0.864.